The van der Waals surface area contributed by atoms with Crippen LogP contribution < -0.4 is 5.32 Å². The number of aromatic amines is 1. The van der Waals surface area contributed by atoms with Crippen LogP contribution in [-0.2, 0) is 6.54 Å². The number of nitrogens with one attached hydrogen (secondary N) is 2. The minimum atomic E-state index is -0.918. The number of aryl methyl sites for hydroxylation is 1. The smallest absolute Gasteiger partial charge is 0.251 e. The molecule has 2 aromatic carbocycles. The standard InChI is InChI=1S/C28H28N6O2/c1-18-13-19(10-12-29-18)26-23-14-20(8-9-25(23)31-32-26)27(35)30-22-6-4-11-28(36,15-22)17-34-16-21-5-2-3-7-24(21)33-34/h2-3,5,7-10,12-14,16,22,36H,4,6,11,15,17H2,1H3,(H,30,35)(H,31,32)/t22-,28-/m0/s1. The summed E-state index contributed by atoms with van der Waals surface area (Å²) in [7, 11) is 0. The van der Waals surface area contributed by atoms with Crippen molar-refractivity contribution in [3.8, 4) is 11.3 Å². The molecule has 8 nitrogen and oxygen atoms in total. The van der Waals surface area contributed by atoms with E-state index in [9.17, 15) is 9.90 Å². The fourth-order valence-corrected chi connectivity index (χ4v) is 5.34. The van der Waals surface area contributed by atoms with Gasteiger partial charge in [-0.05, 0) is 69.0 Å². The first-order valence-corrected chi connectivity index (χ1v) is 12.3. The first kappa shape index (κ1) is 22.4. The van der Waals surface area contributed by atoms with Crippen molar-refractivity contribution in [2.45, 2.75) is 50.8 Å². The second-order valence-corrected chi connectivity index (χ2v) is 9.90. The van der Waals surface area contributed by atoms with Gasteiger partial charge in [0.05, 0.1) is 23.2 Å². The van der Waals surface area contributed by atoms with Gasteiger partial charge >= 0.3 is 0 Å². The number of hydrogen-bond acceptors (Lipinski definition) is 5. The van der Waals surface area contributed by atoms with Gasteiger partial charge < -0.3 is 10.4 Å². The highest BCUT2D eigenvalue weighted by Gasteiger charge is 2.36. The lowest BCUT2D eigenvalue weighted by atomic mass is 9.81. The molecule has 0 radical (unpaired) electrons. The molecule has 0 unspecified atom stereocenters. The van der Waals surface area contributed by atoms with Crippen molar-refractivity contribution in [1.29, 1.82) is 0 Å². The van der Waals surface area contributed by atoms with E-state index in [4.69, 9.17) is 0 Å². The zero-order valence-corrected chi connectivity index (χ0v) is 20.1. The van der Waals surface area contributed by atoms with E-state index in [0.29, 0.717) is 24.9 Å². The van der Waals surface area contributed by atoms with Crippen molar-refractivity contribution in [3.63, 3.8) is 0 Å². The Morgan fingerprint density at radius 3 is 2.97 bits per heavy atom. The molecule has 0 spiro atoms. The molecule has 1 amide bonds. The molecule has 1 fully saturated rings. The van der Waals surface area contributed by atoms with Gasteiger partial charge in [0.25, 0.3) is 5.91 Å². The van der Waals surface area contributed by atoms with Gasteiger partial charge in [-0.3, -0.25) is 19.6 Å². The summed E-state index contributed by atoms with van der Waals surface area (Å²) < 4.78 is 1.82. The Morgan fingerprint density at radius 2 is 2.11 bits per heavy atom. The highest BCUT2D eigenvalue weighted by atomic mass is 16.3. The fraction of sp³-hybridized carbons (Fsp3) is 0.286. The van der Waals surface area contributed by atoms with Crippen LogP contribution in [0.1, 0.15) is 41.7 Å². The van der Waals surface area contributed by atoms with Crippen molar-refractivity contribution in [1.82, 2.24) is 30.3 Å². The van der Waals surface area contributed by atoms with Crippen molar-refractivity contribution in [3.05, 3.63) is 78.2 Å². The molecule has 0 aliphatic heterocycles. The van der Waals surface area contributed by atoms with Gasteiger partial charge in [-0.2, -0.15) is 10.2 Å². The third-order valence-electron chi connectivity index (χ3n) is 7.07. The highest BCUT2D eigenvalue weighted by molar-refractivity contribution is 6.01. The molecular formula is C28H28N6O2. The molecule has 3 heterocycles. The summed E-state index contributed by atoms with van der Waals surface area (Å²) in [6.07, 6.45) is 6.59. The maximum Gasteiger partial charge on any atom is 0.251 e. The molecule has 1 aliphatic rings. The average Bonchev–Trinajstić information content (AvgIpc) is 3.46. The molecule has 3 N–H and O–H groups in total. The van der Waals surface area contributed by atoms with Crippen LogP contribution in [0.4, 0.5) is 0 Å². The summed E-state index contributed by atoms with van der Waals surface area (Å²) >= 11 is 0. The van der Waals surface area contributed by atoms with Crippen molar-refractivity contribution >= 4 is 27.7 Å². The number of aromatic nitrogens is 5. The van der Waals surface area contributed by atoms with Gasteiger partial charge in [0, 0.05) is 46.0 Å². The number of fused-ring (bicyclic) bond motifs is 2. The van der Waals surface area contributed by atoms with Crippen LogP contribution in [0.5, 0.6) is 0 Å². The van der Waals surface area contributed by atoms with Crippen LogP contribution in [0.3, 0.4) is 0 Å². The van der Waals surface area contributed by atoms with Crippen molar-refractivity contribution < 1.29 is 9.90 Å². The van der Waals surface area contributed by atoms with Crippen LogP contribution in [0, 0.1) is 6.92 Å². The van der Waals surface area contributed by atoms with E-state index in [1.54, 1.807) is 6.20 Å². The number of hydrogen-bond donors (Lipinski definition) is 3. The van der Waals surface area contributed by atoms with E-state index >= 15 is 0 Å². The van der Waals surface area contributed by atoms with Crippen LogP contribution in [0.2, 0.25) is 0 Å². The molecule has 0 saturated heterocycles. The Kier molecular flexibility index (Phi) is 5.53. The maximum absolute atomic E-state index is 13.2. The van der Waals surface area contributed by atoms with Crippen molar-refractivity contribution in [2.24, 2.45) is 0 Å². The number of carbonyl (C=O) groups excluding carboxylic acids is 1. The predicted molar refractivity (Wildman–Crippen MR) is 138 cm³/mol. The van der Waals surface area contributed by atoms with Gasteiger partial charge in [0.2, 0.25) is 0 Å². The van der Waals surface area contributed by atoms with Gasteiger partial charge in [0.1, 0.15) is 5.69 Å². The number of pyridine rings is 1. The lowest BCUT2D eigenvalue weighted by Crippen LogP contribution is -2.47. The first-order valence-electron chi connectivity index (χ1n) is 12.3. The van der Waals surface area contributed by atoms with E-state index in [2.05, 4.69) is 25.6 Å². The summed E-state index contributed by atoms with van der Waals surface area (Å²) in [5.74, 6) is -0.144. The molecule has 0 bridgehead atoms. The zero-order chi connectivity index (χ0) is 24.7. The molecule has 1 saturated carbocycles. The molecule has 1 aliphatic carbocycles. The number of H-pyrrole nitrogens is 1. The Hall–Kier alpha value is -4.04. The van der Waals surface area contributed by atoms with E-state index in [1.807, 2.05) is 72.4 Å². The van der Waals surface area contributed by atoms with E-state index in [-0.39, 0.29) is 11.9 Å². The molecule has 6 rings (SSSR count). The molecule has 8 heteroatoms. The van der Waals surface area contributed by atoms with Crippen LogP contribution in [-0.4, -0.2) is 47.6 Å². The summed E-state index contributed by atoms with van der Waals surface area (Å²) in [5, 5.41) is 28.6. The van der Waals surface area contributed by atoms with E-state index in [0.717, 1.165) is 51.6 Å². The Balaban J connectivity index is 1.18. The van der Waals surface area contributed by atoms with Crippen LogP contribution in [0.15, 0.2) is 67.0 Å². The minimum absolute atomic E-state index is 0.108. The SMILES string of the molecule is Cc1cc(-c2n[nH]c3ccc(C(=O)N[C@H]4CCC[C@@](O)(Cn5cc6ccccc6n5)C4)cc23)ccn1. The van der Waals surface area contributed by atoms with E-state index < -0.39 is 5.60 Å². The average molecular weight is 481 g/mol. The predicted octanol–water partition coefficient (Wildman–Crippen LogP) is 4.39. The molecule has 5 aromatic rings. The summed E-state index contributed by atoms with van der Waals surface area (Å²) in [5.41, 5.74) is 4.10. The molecule has 182 valence electrons. The number of amides is 1. The maximum atomic E-state index is 13.2. The largest absolute Gasteiger partial charge is 0.388 e. The summed E-state index contributed by atoms with van der Waals surface area (Å²) in [6, 6.07) is 17.3. The highest BCUT2D eigenvalue weighted by Crippen LogP contribution is 2.31. The molecule has 2 atom stereocenters. The number of benzene rings is 2. The minimum Gasteiger partial charge on any atom is -0.388 e. The number of rotatable bonds is 5. The third-order valence-corrected chi connectivity index (χ3v) is 7.07. The molecular weight excluding hydrogens is 452 g/mol. The van der Waals surface area contributed by atoms with E-state index in [1.165, 1.54) is 0 Å². The second-order valence-electron chi connectivity index (χ2n) is 9.90. The van der Waals surface area contributed by atoms with Gasteiger partial charge in [-0.15, -0.1) is 0 Å². The summed E-state index contributed by atoms with van der Waals surface area (Å²) in [4.78, 5) is 17.5. The van der Waals surface area contributed by atoms with Gasteiger partial charge in [-0.1, -0.05) is 18.2 Å². The first-order chi connectivity index (χ1) is 17.5. The normalized spacial score (nSPS) is 20.1. The monoisotopic (exact) mass is 480 g/mol. The quantitative estimate of drug-likeness (QED) is 0.346. The lowest BCUT2D eigenvalue weighted by Gasteiger charge is -2.37. The van der Waals surface area contributed by atoms with Crippen LogP contribution >= 0.6 is 0 Å². The Morgan fingerprint density at radius 1 is 1.22 bits per heavy atom. The Labute approximate surface area is 208 Å². The second kappa shape index (κ2) is 8.87. The topological polar surface area (TPSA) is 109 Å². The number of nitrogens with zero attached hydrogens (tertiary/aromatic N) is 4. The lowest BCUT2D eigenvalue weighted by molar-refractivity contribution is -0.0235. The van der Waals surface area contributed by atoms with Crippen molar-refractivity contribution in [2.75, 3.05) is 0 Å². The fourth-order valence-electron chi connectivity index (χ4n) is 5.34. The van der Waals surface area contributed by atoms with Gasteiger partial charge in [-0.25, -0.2) is 0 Å². The third kappa shape index (κ3) is 4.35. The molecule has 3 aromatic heterocycles. The van der Waals surface area contributed by atoms with Gasteiger partial charge in [0.15, 0.2) is 0 Å². The summed E-state index contributed by atoms with van der Waals surface area (Å²) in [6.45, 7) is 2.35. The number of aliphatic hydroxyl groups is 1. The molecule has 36 heavy (non-hydrogen) atoms. The Bertz CT molecular complexity index is 1540. The number of carbonyl (C=O) groups is 1. The zero-order valence-electron chi connectivity index (χ0n) is 20.1. The van der Waals surface area contributed by atoms with Crippen LogP contribution in [0.25, 0.3) is 33.1 Å².